The van der Waals surface area contributed by atoms with E-state index in [1.54, 1.807) is 12.1 Å². The highest BCUT2D eigenvalue weighted by Crippen LogP contribution is 2.10. The zero-order chi connectivity index (χ0) is 17.4. The van der Waals surface area contributed by atoms with Crippen LogP contribution in [0.25, 0.3) is 0 Å². The molecule has 2 rings (SSSR count). The first-order chi connectivity index (χ1) is 11.5. The van der Waals surface area contributed by atoms with Crippen molar-refractivity contribution >= 4 is 15.9 Å². The van der Waals surface area contributed by atoms with Gasteiger partial charge in [0, 0.05) is 18.4 Å². The Morgan fingerprint density at radius 3 is 2.38 bits per heavy atom. The molecular weight excluding hydrogens is 322 g/mol. The quantitative estimate of drug-likeness (QED) is 0.672. The van der Waals surface area contributed by atoms with Crippen molar-refractivity contribution < 1.29 is 13.2 Å². The van der Waals surface area contributed by atoms with Gasteiger partial charge < -0.3 is 0 Å². The molecule has 0 bridgehead atoms. The Morgan fingerprint density at radius 2 is 1.71 bits per heavy atom. The number of nitrogens with one attached hydrogen (secondary N) is 1. The number of carbonyl (C=O) groups excluding carboxylic acids is 1. The number of unbranched alkanes of at least 4 members (excludes halogenated alkanes) is 1. The largest absolute Gasteiger partial charge is 0.274 e. The highest BCUT2D eigenvalue weighted by atomic mass is 32.2. The predicted octanol–water partition coefficient (Wildman–Crippen LogP) is 3.02. The van der Waals surface area contributed by atoms with Crippen molar-refractivity contribution in [2.75, 3.05) is 0 Å². The molecule has 0 aliphatic rings. The van der Waals surface area contributed by atoms with Gasteiger partial charge in [0.2, 0.25) is 5.91 Å². The molecule has 0 aromatic heterocycles. The van der Waals surface area contributed by atoms with E-state index in [2.05, 4.69) is 16.6 Å². The Kier molecular flexibility index (Phi) is 6.16. The number of carbonyl (C=O) groups is 1. The molecule has 0 fully saturated rings. The number of rotatable bonds is 5. The molecule has 2 aromatic carbocycles. The molecule has 24 heavy (non-hydrogen) atoms. The predicted molar refractivity (Wildman–Crippen MR) is 93.7 cm³/mol. The van der Waals surface area contributed by atoms with Gasteiger partial charge in [0.25, 0.3) is 10.0 Å². The lowest BCUT2D eigenvalue weighted by atomic mass is 10.2. The smallest absolute Gasteiger partial charge is 0.264 e. The average molecular weight is 341 g/mol. The monoisotopic (exact) mass is 341 g/mol. The summed E-state index contributed by atoms with van der Waals surface area (Å²) < 4.78 is 26.2. The lowest BCUT2D eigenvalue weighted by Gasteiger charge is -2.06. The van der Waals surface area contributed by atoms with E-state index >= 15 is 0 Å². The van der Waals surface area contributed by atoms with Gasteiger partial charge in [-0.2, -0.15) is 0 Å². The molecule has 0 aliphatic carbocycles. The second kappa shape index (κ2) is 8.32. The van der Waals surface area contributed by atoms with Crippen LogP contribution in [0.2, 0.25) is 0 Å². The fourth-order valence-corrected chi connectivity index (χ4v) is 3.01. The van der Waals surface area contributed by atoms with Crippen LogP contribution >= 0.6 is 0 Å². The van der Waals surface area contributed by atoms with E-state index in [0.29, 0.717) is 12.8 Å². The molecule has 1 N–H and O–H groups in total. The number of hydrogen-bond donors (Lipinski definition) is 1. The summed E-state index contributed by atoms with van der Waals surface area (Å²) in [6.07, 6.45) is 1.16. The van der Waals surface area contributed by atoms with Crippen LogP contribution in [0.1, 0.15) is 30.4 Å². The highest BCUT2D eigenvalue weighted by Gasteiger charge is 2.16. The summed E-state index contributed by atoms with van der Waals surface area (Å²) in [5.41, 5.74) is 1.88. The SMILES string of the molecule is Cc1ccc(S(=O)(=O)NC(=O)CCCC#Cc2ccccc2)cc1. The minimum atomic E-state index is -3.80. The van der Waals surface area contributed by atoms with Crippen LogP contribution in [0.15, 0.2) is 59.5 Å². The first-order valence-corrected chi connectivity index (χ1v) is 9.12. The number of aryl methyl sites for hydroxylation is 1. The summed E-state index contributed by atoms with van der Waals surface area (Å²) in [6.45, 7) is 1.87. The van der Waals surface area contributed by atoms with Crippen molar-refractivity contribution in [3.63, 3.8) is 0 Å². The third kappa shape index (κ3) is 5.56. The second-order valence-electron chi connectivity index (χ2n) is 5.36. The summed E-state index contributed by atoms with van der Waals surface area (Å²) in [5, 5.41) is 0. The van der Waals surface area contributed by atoms with Crippen LogP contribution < -0.4 is 4.72 Å². The van der Waals surface area contributed by atoms with Gasteiger partial charge in [-0.1, -0.05) is 47.7 Å². The normalized spacial score (nSPS) is 10.5. The van der Waals surface area contributed by atoms with E-state index < -0.39 is 15.9 Å². The zero-order valence-corrected chi connectivity index (χ0v) is 14.3. The van der Waals surface area contributed by atoms with E-state index in [1.165, 1.54) is 12.1 Å². The maximum absolute atomic E-state index is 12.1. The minimum Gasteiger partial charge on any atom is -0.274 e. The fraction of sp³-hybridized carbons (Fsp3) is 0.211. The molecule has 0 heterocycles. The number of amides is 1. The van der Waals surface area contributed by atoms with Crippen molar-refractivity contribution in [2.45, 2.75) is 31.1 Å². The van der Waals surface area contributed by atoms with Crippen molar-refractivity contribution in [3.05, 3.63) is 65.7 Å². The van der Waals surface area contributed by atoms with Gasteiger partial charge in [-0.3, -0.25) is 4.79 Å². The Labute approximate surface area is 143 Å². The summed E-state index contributed by atoms with van der Waals surface area (Å²) in [5.74, 6) is 5.46. The first-order valence-electron chi connectivity index (χ1n) is 7.63. The van der Waals surface area contributed by atoms with Crippen LogP contribution in [0.5, 0.6) is 0 Å². The van der Waals surface area contributed by atoms with Crippen molar-refractivity contribution in [3.8, 4) is 11.8 Å². The van der Waals surface area contributed by atoms with Crippen LogP contribution in [0, 0.1) is 18.8 Å². The van der Waals surface area contributed by atoms with E-state index in [0.717, 1.165) is 11.1 Å². The van der Waals surface area contributed by atoms with E-state index in [4.69, 9.17) is 0 Å². The van der Waals surface area contributed by atoms with E-state index in [-0.39, 0.29) is 11.3 Å². The molecule has 0 saturated carbocycles. The average Bonchev–Trinajstić information content (AvgIpc) is 2.55. The lowest BCUT2D eigenvalue weighted by molar-refractivity contribution is -0.119. The molecule has 0 saturated heterocycles. The van der Waals surface area contributed by atoms with E-state index in [9.17, 15) is 13.2 Å². The summed E-state index contributed by atoms with van der Waals surface area (Å²) >= 11 is 0. The lowest BCUT2D eigenvalue weighted by Crippen LogP contribution is -2.30. The fourth-order valence-electron chi connectivity index (χ4n) is 2.00. The van der Waals surface area contributed by atoms with Gasteiger partial charge >= 0.3 is 0 Å². The maximum atomic E-state index is 12.1. The first kappa shape index (κ1) is 17.8. The standard InChI is InChI=1S/C19H19NO3S/c1-16-12-14-18(15-13-16)24(22,23)20-19(21)11-7-3-6-10-17-8-4-2-5-9-17/h2,4-5,8-9,12-15H,3,7,11H2,1H3,(H,20,21). The maximum Gasteiger partial charge on any atom is 0.264 e. The van der Waals surface area contributed by atoms with Crippen LogP contribution in [-0.2, 0) is 14.8 Å². The molecule has 0 spiro atoms. The second-order valence-corrected chi connectivity index (χ2v) is 7.05. The van der Waals surface area contributed by atoms with Crippen LogP contribution in [-0.4, -0.2) is 14.3 Å². The van der Waals surface area contributed by atoms with Gasteiger partial charge in [-0.05, 0) is 37.6 Å². The zero-order valence-electron chi connectivity index (χ0n) is 13.5. The van der Waals surface area contributed by atoms with Crippen molar-refractivity contribution in [1.29, 1.82) is 0 Å². The van der Waals surface area contributed by atoms with Crippen LogP contribution in [0.3, 0.4) is 0 Å². The molecule has 5 heteroatoms. The molecule has 1 amide bonds. The molecule has 0 atom stereocenters. The summed E-state index contributed by atoms with van der Waals surface area (Å²) in [7, 11) is -3.80. The highest BCUT2D eigenvalue weighted by molar-refractivity contribution is 7.90. The Hall–Kier alpha value is -2.58. The molecular formula is C19H19NO3S. The third-order valence-electron chi connectivity index (χ3n) is 3.29. The number of hydrogen-bond acceptors (Lipinski definition) is 3. The number of sulfonamides is 1. The van der Waals surface area contributed by atoms with Gasteiger partial charge in [0.05, 0.1) is 4.90 Å². The summed E-state index contributed by atoms with van der Waals surface area (Å²) in [4.78, 5) is 11.9. The van der Waals surface area contributed by atoms with Crippen molar-refractivity contribution in [1.82, 2.24) is 4.72 Å². The Balaban J connectivity index is 1.81. The molecule has 0 radical (unpaired) electrons. The minimum absolute atomic E-state index is 0.0883. The third-order valence-corrected chi connectivity index (χ3v) is 4.68. The summed E-state index contributed by atoms with van der Waals surface area (Å²) in [6, 6.07) is 15.9. The van der Waals surface area contributed by atoms with Crippen molar-refractivity contribution in [2.24, 2.45) is 0 Å². The molecule has 0 aliphatic heterocycles. The topological polar surface area (TPSA) is 63.2 Å². The van der Waals surface area contributed by atoms with Gasteiger partial charge in [0.1, 0.15) is 0 Å². The molecule has 0 unspecified atom stereocenters. The van der Waals surface area contributed by atoms with Gasteiger partial charge in [-0.15, -0.1) is 0 Å². The molecule has 2 aromatic rings. The number of benzene rings is 2. The van der Waals surface area contributed by atoms with E-state index in [1.807, 2.05) is 37.3 Å². The van der Waals surface area contributed by atoms with Gasteiger partial charge in [0.15, 0.2) is 0 Å². The molecule has 124 valence electrons. The van der Waals surface area contributed by atoms with Crippen LogP contribution in [0.4, 0.5) is 0 Å². The molecule has 4 nitrogen and oxygen atoms in total. The Morgan fingerprint density at radius 1 is 1.04 bits per heavy atom. The Bertz CT molecular complexity index is 845. The van der Waals surface area contributed by atoms with Gasteiger partial charge in [-0.25, -0.2) is 13.1 Å².